The van der Waals surface area contributed by atoms with E-state index < -0.39 is 22.5 Å². The van der Waals surface area contributed by atoms with Crippen molar-refractivity contribution in [2.75, 3.05) is 32.6 Å². The Kier molecular flexibility index (Phi) is 8.21. The van der Waals surface area contributed by atoms with Gasteiger partial charge >= 0.3 is 6.09 Å². The zero-order valence-corrected chi connectivity index (χ0v) is 20.1. The van der Waals surface area contributed by atoms with Crippen molar-refractivity contribution in [3.63, 3.8) is 0 Å². The van der Waals surface area contributed by atoms with Crippen molar-refractivity contribution in [3.05, 3.63) is 21.8 Å². The van der Waals surface area contributed by atoms with E-state index in [9.17, 15) is 9.00 Å². The highest BCUT2D eigenvalue weighted by Gasteiger charge is 2.19. The molecule has 1 heterocycles. The van der Waals surface area contributed by atoms with Gasteiger partial charge < -0.3 is 14.4 Å². The van der Waals surface area contributed by atoms with Crippen LogP contribution in [0.25, 0.3) is 10.9 Å². The molecule has 0 bridgehead atoms. The number of hydrogen-bond acceptors (Lipinski definition) is 6. The number of carbonyl (C=O) groups excluding carboxylic acids is 1. The third kappa shape index (κ3) is 6.35. The number of halogens is 2. The summed E-state index contributed by atoms with van der Waals surface area (Å²) < 4.78 is 25.3. The van der Waals surface area contributed by atoms with E-state index in [1.807, 2.05) is 20.8 Å². The second-order valence-corrected chi connectivity index (χ2v) is 10.2. The minimum Gasteiger partial charge on any atom is -0.444 e. The van der Waals surface area contributed by atoms with Crippen LogP contribution in [0.4, 0.5) is 4.79 Å². The van der Waals surface area contributed by atoms with Crippen LogP contribution in [0.1, 0.15) is 20.8 Å². The number of amides is 1. The summed E-state index contributed by atoms with van der Waals surface area (Å²) in [6.45, 7) is 6.44. The Morgan fingerprint density at radius 3 is 2.71 bits per heavy atom. The third-order valence-electron chi connectivity index (χ3n) is 3.59. The number of rotatable bonds is 7. The maximum atomic E-state index is 12.5. The molecule has 28 heavy (non-hydrogen) atoms. The number of ether oxygens (including phenoxy) is 2. The van der Waals surface area contributed by atoms with Crippen LogP contribution in [-0.4, -0.2) is 62.5 Å². The fourth-order valence-electron chi connectivity index (χ4n) is 2.24. The average molecular weight is 513 g/mol. The standard InChI is InChI=1S/C17H23BrClN3O4S2/c1-17(2,3)26-16(23)21(4)5-6-25-7-8-28(24)11-9-12-14(13(19)10-11)22(27)20-15(12)18/h9-10,27H,5-8H2,1-4H3. The molecule has 1 unspecified atom stereocenters. The Morgan fingerprint density at radius 2 is 2.07 bits per heavy atom. The zero-order chi connectivity index (χ0) is 21.1. The van der Waals surface area contributed by atoms with E-state index in [1.165, 1.54) is 8.99 Å². The van der Waals surface area contributed by atoms with Gasteiger partial charge in [0.05, 0.1) is 34.8 Å². The summed E-state index contributed by atoms with van der Waals surface area (Å²) in [6.07, 6.45) is -0.405. The lowest BCUT2D eigenvalue weighted by Gasteiger charge is -2.24. The maximum Gasteiger partial charge on any atom is 0.410 e. The first-order chi connectivity index (χ1) is 13.0. The van der Waals surface area contributed by atoms with Crippen LogP contribution in [0.5, 0.6) is 0 Å². The van der Waals surface area contributed by atoms with Crippen molar-refractivity contribution in [1.82, 2.24) is 14.1 Å². The van der Waals surface area contributed by atoms with E-state index in [2.05, 4.69) is 33.8 Å². The van der Waals surface area contributed by atoms with Crippen LogP contribution >= 0.6 is 40.3 Å². The Balaban J connectivity index is 1.83. The first kappa shape index (κ1) is 23.5. The Morgan fingerprint density at radius 1 is 1.39 bits per heavy atom. The molecule has 0 spiro atoms. The molecule has 0 fully saturated rings. The lowest BCUT2D eigenvalue weighted by Crippen LogP contribution is -2.36. The molecule has 11 heteroatoms. The van der Waals surface area contributed by atoms with E-state index in [0.717, 1.165) is 5.39 Å². The molecule has 0 aliphatic rings. The monoisotopic (exact) mass is 511 g/mol. The van der Waals surface area contributed by atoms with Gasteiger partial charge in [-0.05, 0) is 61.6 Å². The lowest BCUT2D eigenvalue weighted by molar-refractivity contribution is 0.0239. The number of thiol groups is 1. The number of nitrogens with zero attached hydrogens (tertiary/aromatic N) is 3. The molecule has 0 aliphatic carbocycles. The minimum absolute atomic E-state index is 0.289. The molecule has 0 saturated carbocycles. The van der Waals surface area contributed by atoms with Crippen molar-refractivity contribution in [2.24, 2.45) is 0 Å². The van der Waals surface area contributed by atoms with E-state index >= 15 is 0 Å². The van der Waals surface area contributed by atoms with Crippen LogP contribution in [0.15, 0.2) is 21.6 Å². The zero-order valence-electron chi connectivity index (χ0n) is 16.1. The topological polar surface area (TPSA) is 73.7 Å². The molecule has 2 rings (SSSR count). The Hall–Kier alpha value is -0.810. The van der Waals surface area contributed by atoms with E-state index in [0.29, 0.717) is 38.9 Å². The molecule has 1 amide bonds. The van der Waals surface area contributed by atoms with E-state index in [4.69, 9.17) is 21.1 Å². The van der Waals surface area contributed by atoms with Gasteiger partial charge in [0.15, 0.2) is 0 Å². The normalized spacial score (nSPS) is 13.0. The van der Waals surface area contributed by atoms with Crippen molar-refractivity contribution in [1.29, 1.82) is 0 Å². The van der Waals surface area contributed by atoms with Crippen LogP contribution in [-0.2, 0) is 20.3 Å². The van der Waals surface area contributed by atoms with Crippen LogP contribution in [0.2, 0.25) is 5.02 Å². The smallest absolute Gasteiger partial charge is 0.410 e. The minimum atomic E-state index is -1.28. The summed E-state index contributed by atoms with van der Waals surface area (Å²) in [4.78, 5) is 13.9. The van der Waals surface area contributed by atoms with Gasteiger partial charge in [0.1, 0.15) is 15.7 Å². The summed E-state index contributed by atoms with van der Waals surface area (Å²) in [5.74, 6) is 0.310. The first-order valence-electron chi connectivity index (χ1n) is 8.47. The number of fused-ring (bicyclic) bond motifs is 1. The number of hydrogen-bond donors (Lipinski definition) is 1. The Labute approximate surface area is 185 Å². The number of benzene rings is 1. The second-order valence-electron chi connectivity index (χ2n) is 7.05. The fourth-order valence-corrected chi connectivity index (χ4v) is 4.56. The highest BCUT2D eigenvalue weighted by molar-refractivity contribution is 9.10. The van der Waals surface area contributed by atoms with Gasteiger partial charge in [-0.2, -0.15) is 5.10 Å². The van der Waals surface area contributed by atoms with E-state index in [-0.39, 0.29) is 6.61 Å². The molecule has 0 radical (unpaired) electrons. The first-order valence-corrected chi connectivity index (χ1v) is 11.4. The van der Waals surface area contributed by atoms with Crippen molar-refractivity contribution in [3.8, 4) is 0 Å². The van der Waals surface area contributed by atoms with Gasteiger partial charge in [-0.15, -0.1) is 0 Å². The predicted molar refractivity (Wildman–Crippen MR) is 118 cm³/mol. The van der Waals surface area contributed by atoms with E-state index in [1.54, 1.807) is 19.2 Å². The number of likely N-dealkylation sites (N-methyl/N-ethyl adjacent to an activating group) is 1. The predicted octanol–water partition coefficient (Wildman–Crippen LogP) is 4.14. The summed E-state index contributed by atoms with van der Waals surface area (Å²) >= 11 is 13.8. The molecular formula is C17H23BrClN3O4S2. The van der Waals surface area contributed by atoms with Crippen molar-refractivity contribution in [2.45, 2.75) is 31.3 Å². The summed E-state index contributed by atoms with van der Waals surface area (Å²) in [5, 5.41) is 5.30. The SMILES string of the molecule is CN(CCOCCS(=O)c1cc(Cl)c2c(c1)c(Br)nn2S)C(=O)OC(C)(C)C. The lowest BCUT2D eigenvalue weighted by atomic mass is 10.2. The van der Waals surface area contributed by atoms with Crippen molar-refractivity contribution < 1.29 is 18.5 Å². The highest BCUT2D eigenvalue weighted by Crippen LogP contribution is 2.32. The molecule has 2 aromatic rings. The van der Waals surface area contributed by atoms with Gasteiger partial charge in [0.25, 0.3) is 0 Å². The molecule has 0 saturated heterocycles. The van der Waals surface area contributed by atoms with Crippen LogP contribution in [0, 0.1) is 0 Å². The summed E-state index contributed by atoms with van der Waals surface area (Å²) in [5.41, 5.74) is 0.114. The van der Waals surface area contributed by atoms with Gasteiger partial charge in [-0.3, -0.25) is 4.21 Å². The highest BCUT2D eigenvalue weighted by atomic mass is 79.9. The quantitative estimate of drug-likeness (QED) is 0.446. The summed E-state index contributed by atoms with van der Waals surface area (Å²) in [6, 6.07) is 3.43. The van der Waals surface area contributed by atoms with Crippen LogP contribution in [0.3, 0.4) is 0 Å². The largest absolute Gasteiger partial charge is 0.444 e. The maximum absolute atomic E-state index is 12.5. The molecule has 1 atom stereocenters. The molecule has 1 aromatic carbocycles. The van der Waals surface area contributed by atoms with Gasteiger partial charge in [0, 0.05) is 23.9 Å². The van der Waals surface area contributed by atoms with Crippen LogP contribution < -0.4 is 0 Å². The number of carbonyl (C=O) groups is 1. The molecule has 0 N–H and O–H groups in total. The van der Waals surface area contributed by atoms with Gasteiger partial charge in [0.2, 0.25) is 0 Å². The Bertz CT molecular complexity index is 885. The molecule has 1 aromatic heterocycles. The average Bonchev–Trinajstić information content (AvgIpc) is 2.87. The third-order valence-corrected chi connectivity index (χ3v) is 6.06. The van der Waals surface area contributed by atoms with Gasteiger partial charge in [-0.1, -0.05) is 11.6 Å². The molecule has 156 valence electrons. The second kappa shape index (κ2) is 9.80. The fraction of sp³-hybridized carbons (Fsp3) is 0.529. The van der Waals surface area contributed by atoms with Crippen molar-refractivity contribution >= 4 is 68.1 Å². The summed E-state index contributed by atoms with van der Waals surface area (Å²) in [7, 11) is 0.363. The number of aromatic nitrogens is 2. The molecule has 7 nitrogen and oxygen atoms in total. The molecular weight excluding hydrogens is 490 g/mol. The molecule has 0 aliphatic heterocycles. The van der Waals surface area contributed by atoms with Gasteiger partial charge in [-0.25, -0.2) is 8.88 Å².